The van der Waals surface area contributed by atoms with Crippen LogP contribution in [0.25, 0.3) is 0 Å². The van der Waals surface area contributed by atoms with Gasteiger partial charge in [0, 0.05) is 30.9 Å². The zero-order chi connectivity index (χ0) is 14.4. The Morgan fingerprint density at radius 3 is 2.90 bits per heavy atom. The second kappa shape index (κ2) is 7.75. The third-order valence-electron chi connectivity index (χ3n) is 4.60. The molecule has 0 saturated heterocycles. The van der Waals surface area contributed by atoms with Crippen LogP contribution >= 0.6 is 0 Å². The number of likely N-dealkylation sites (N-methyl/N-ethyl adjacent to an activating group) is 1. The molecule has 0 spiro atoms. The molecule has 3 nitrogen and oxygen atoms in total. The van der Waals surface area contributed by atoms with Crippen LogP contribution in [0.1, 0.15) is 44.7 Å². The Morgan fingerprint density at radius 2 is 2.20 bits per heavy atom. The van der Waals surface area contributed by atoms with Gasteiger partial charge in [-0.25, -0.2) is 0 Å². The highest BCUT2D eigenvalue weighted by Gasteiger charge is 2.31. The molecule has 1 aromatic heterocycles. The number of aliphatic hydroxyl groups excluding tert-OH is 1. The average molecular weight is 276 g/mol. The zero-order valence-electron chi connectivity index (χ0n) is 12.8. The van der Waals surface area contributed by atoms with Crippen LogP contribution in [-0.2, 0) is 6.42 Å². The summed E-state index contributed by atoms with van der Waals surface area (Å²) in [6.07, 6.45) is 8.51. The monoisotopic (exact) mass is 276 g/mol. The lowest BCUT2D eigenvalue weighted by atomic mass is 9.81. The maximum absolute atomic E-state index is 10.3. The highest BCUT2D eigenvalue weighted by Crippen LogP contribution is 2.30. The van der Waals surface area contributed by atoms with Gasteiger partial charge < -0.3 is 10.0 Å². The van der Waals surface area contributed by atoms with E-state index in [0.717, 1.165) is 37.4 Å². The van der Waals surface area contributed by atoms with Crippen molar-refractivity contribution in [3.05, 3.63) is 30.1 Å². The van der Waals surface area contributed by atoms with E-state index in [9.17, 15) is 5.11 Å². The number of nitrogens with zero attached hydrogens (tertiary/aromatic N) is 2. The minimum absolute atomic E-state index is 0.156. The molecule has 3 heteroatoms. The molecular formula is C17H28N2O. The summed E-state index contributed by atoms with van der Waals surface area (Å²) in [6.45, 7) is 3.22. The van der Waals surface area contributed by atoms with Crippen LogP contribution in [0.4, 0.5) is 0 Å². The average Bonchev–Trinajstić information content (AvgIpc) is 2.48. The molecule has 0 radical (unpaired) electrons. The molecule has 112 valence electrons. The van der Waals surface area contributed by atoms with Crippen LogP contribution in [0.15, 0.2) is 24.4 Å². The molecular weight excluding hydrogens is 248 g/mol. The van der Waals surface area contributed by atoms with Gasteiger partial charge in [-0.1, -0.05) is 25.8 Å². The van der Waals surface area contributed by atoms with Gasteiger partial charge in [-0.2, -0.15) is 0 Å². The van der Waals surface area contributed by atoms with Gasteiger partial charge in [0.1, 0.15) is 0 Å². The minimum Gasteiger partial charge on any atom is -0.391 e. The van der Waals surface area contributed by atoms with E-state index in [1.54, 1.807) is 0 Å². The molecule has 1 aromatic rings. The van der Waals surface area contributed by atoms with Gasteiger partial charge in [-0.3, -0.25) is 4.98 Å². The third-order valence-corrected chi connectivity index (χ3v) is 4.60. The van der Waals surface area contributed by atoms with Crippen LogP contribution in [0.5, 0.6) is 0 Å². The molecule has 1 aliphatic carbocycles. The summed E-state index contributed by atoms with van der Waals surface area (Å²) >= 11 is 0. The lowest BCUT2D eigenvalue weighted by Gasteiger charge is -2.39. The SMILES string of the molecule is CCCC1CCC(O)C(N(C)CCc2ccccn2)C1. The van der Waals surface area contributed by atoms with Gasteiger partial charge in [-0.05, 0) is 44.4 Å². The quantitative estimate of drug-likeness (QED) is 0.868. The summed E-state index contributed by atoms with van der Waals surface area (Å²) in [6, 6.07) is 6.39. The number of aliphatic hydroxyl groups is 1. The highest BCUT2D eigenvalue weighted by atomic mass is 16.3. The summed E-state index contributed by atoms with van der Waals surface area (Å²) in [5, 5.41) is 10.3. The number of pyridine rings is 1. The molecule has 1 heterocycles. The van der Waals surface area contributed by atoms with Gasteiger partial charge in [0.05, 0.1) is 6.10 Å². The summed E-state index contributed by atoms with van der Waals surface area (Å²) in [5.74, 6) is 0.797. The van der Waals surface area contributed by atoms with Crippen molar-refractivity contribution in [1.29, 1.82) is 0 Å². The Morgan fingerprint density at radius 1 is 1.35 bits per heavy atom. The number of aromatic nitrogens is 1. The molecule has 0 bridgehead atoms. The second-order valence-corrected chi connectivity index (χ2v) is 6.15. The van der Waals surface area contributed by atoms with E-state index >= 15 is 0 Å². The Labute approximate surface area is 123 Å². The van der Waals surface area contributed by atoms with Gasteiger partial charge in [0.2, 0.25) is 0 Å². The van der Waals surface area contributed by atoms with E-state index in [1.807, 2.05) is 18.3 Å². The molecule has 3 atom stereocenters. The topological polar surface area (TPSA) is 36.4 Å². The van der Waals surface area contributed by atoms with Crippen LogP contribution in [0.2, 0.25) is 0 Å². The molecule has 1 aliphatic rings. The molecule has 0 aliphatic heterocycles. The van der Waals surface area contributed by atoms with Crippen molar-refractivity contribution >= 4 is 0 Å². The Bertz CT molecular complexity index is 382. The van der Waals surface area contributed by atoms with E-state index in [1.165, 1.54) is 19.3 Å². The Balaban J connectivity index is 1.85. The molecule has 20 heavy (non-hydrogen) atoms. The standard InChI is InChI=1S/C17H28N2O/c1-3-6-14-8-9-17(20)16(13-14)19(2)12-10-15-7-4-5-11-18-15/h4-5,7,11,14,16-17,20H,3,6,8-10,12-13H2,1-2H3. The molecule has 1 fully saturated rings. The zero-order valence-corrected chi connectivity index (χ0v) is 12.8. The summed E-state index contributed by atoms with van der Waals surface area (Å²) in [4.78, 5) is 6.70. The second-order valence-electron chi connectivity index (χ2n) is 6.15. The maximum atomic E-state index is 10.3. The predicted molar refractivity (Wildman–Crippen MR) is 82.6 cm³/mol. The van der Waals surface area contributed by atoms with Crippen molar-refractivity contribution < 1.29 is 5.11 Å². The fourth-order valence-corrected chi connectivity index (χ4v) is 3.36. The van der Waals surface area contributed by atoms with Crippen molar-refractivity contribution in [2.45, 2.75) is 57.6 Å². The third kappa shape index (κ3) is 4.29. The molecule has 0 aromatic carbocycles. The fraction of sp³-hybridized carbons (Fsp3) is 0.706. The number of rotatable bonds is 6. The summed E-state index contributed by atoms with van der Waals surface area (Å²) in [7, 11) is 2.14. The Hall–Kier alpha value is -0.930. The lowest BCUT2D eigenvalue weighted by Crippen LogP contribution is -2.46. The first-order chi connectivity index (χ1) is 9.70. The van der Waals surface area contributed by atoms with E-state index in [2.05, 4.69) is 29.9 Å². The van der Waals surface area contributed by atoms with Crippen molar-refractivity contribution in [3.8, 4) is 0 Å². The predicted octanol–water partition coefficient (Wildman–Crippen LogP) is 2.89. The molecule has 1 saturated carbocycles. The van der Waals surface area contributed by atoms with Gasteiger partial charge >= 0.3 is 0 Å². The van der Waals surface area contributed by atoms with Crippen LogP contribution in [-0.4, -0.2) is 40.7 Å². The highest BCUT2D eigenvalue weighted by molar-refractivity contribution is 5.04. The lowest BCUT2D eigenvalue weighted by molar-refractivity contribution is 0.0131. The van der Waals surface area contributed by atoms with Crippen molar-refractivity contribution in [2.75, 3.05) is 13.6 Å². The Kier molecular flexibility index (Phi) is 5.99. The minimum atomic E-state index is -0.156. The molecule has 0 amide bonds. The maximum Gasteiger partial charge on any atom is 0.0695 e. The van der Waals surface area contributed by atoms with Crippen LogP contribution < -0.4 is 0 Å². The number of hydrogen-bond acceptors (Lipinski definition) is 3. The van der Waals surface area contributed by atoms with Crippen LogP contribution in [0, 0.1) is 5.92 Å². The largest absolute Gasteiger partial charge is 0.391 e. The van der Waals surface area contributed by atoms with E-state index in [0.29, 0.717) is 6.04 Å². The first kappa shape index (κ1) is 15.5. The molecule has 1 N–H and O–H groups in total. The summed E-state index contributed by atoms with van der Waals surface area (Å²) < 4.78 is 0. The smallest absolute Gasteiger partial charge is 0.0695 e. The fourth-order valence-electron chi connectivity index (χ4n) is 3.36. The summed E-state index contributed by atoms with van der Waals surface area (Å²) in [5.41, 5.74) is 1.13. The van der Waals surface area contributed by atoms with Crippen molar-refractivity contribution in [2.24, 2.45) is 5.92 Å². The van der Waals surface area contributed by atoms with E-state index in [-0.39, 0.29) is 6.10 Å². The number of hydrogen-bond donors (Lipinski definition) is 1. The van der Waals surface area contributed by atoms with Crippen molar-refractivity contribution in [1.82, 2.24) is 9.88 Å². The first-order valence-corrected chi connectivity index (χ1v) is 7.99. The molecule has 3 unspecified atom stereocenters. The van der Waals surface area contributed by atoms with Crippen molar-refractivity contribution in [3.63, 3.8) is 0 Å². The van der Waals surface area contributed by atoms with Gasteiger partial charge in [0.25, 0.3) is 0 Å². The van der Waals surface area contributed by atoms with Gasteiger partial charge in [0.15, 0.2) is 0 Å². The van der Waals surface area contributed by atoms with E-state index < -0.39 is 0 Å². The molecule has 2 rings (SSSR count). The van der Waals surface area contributed by atoms with Gasteiger partial charge in [-0.15, -0.1) is 0 Å². The first-order valence-electron chi connectivity index (χ1n) is 7.99. The normalized spacial score (nSPS) is 26.9. The van der Waals surface area contributed by atoms with E-state index in [4.69, 9.17) is 0 Å². The van der Waals surface area contributed by atoms with Crippen LogP contribution in [0.3, 0.4) is 0 Å².